The van der Waals surface area contributed by atoms with Gasteiger partial charge in [0.2, 0.25) is 0 Å². The molecule has 1 aromatic heterocycles. The SMILES string of the molecule is CCCCNC(N)=NCc1c(CC)nn(C)c1CC. The molecule has 1 aromatic rings. The summed E-state index contributed by atoms with van der Waals surface area (Å²) in [4.78, 5) is 4.43. The van der Waals surface area contributed by atoms with E-state index < -0.39 is 0 Å². The molecular weight excluding hydrogens is 238 g/mol. The lowest BCUT2D eigenvalue weighted by Crippen LogP contribution is -2.32. The minimum absolute atomic E-state index is 0.529. The lowest BCUT2D eigenvalue weighted by molar-refractivity contribution is 0.703. The average Bonchev–Trinajstić information content (AvgIpc) is 2.72. The Hall–Kier alpha value is -1.52. The van der Waals surface area contributed by atoms with Crippen molar-refractivity contribution >= 4 is 5.96 Å². The molecule has 1 heterocycles. The Bertz CT molecular complexity index is 420. The monoisotopic (exact) mass is 265 g/mol. The van der Waals surface area contributed by atoms with Crippen LogP contribution in [0.4, 0.5) is 0 Å². The molecule has 0 saturated heterocycles. The number of hydrogen-bond donors (Lipinski definition) is 2. The minimum Gasteiger partial charge on any atom is -0.370 e. The number of nitrogens with one attached hydrogen (secondary N) is 1. The number of rotatable bonds is 7. The van der Waals surface area contributed by atoms with E-state index in [0.29, 0.717) is 12.5 Å². The highest BCUT2D eigenvalue weighted by Crippen LogP contribution is 2.16. The molecule has 0 aliphatic heterocycles. The van der Waals surface area contributed by atoms with Crippen molar-refractivity contribution in [2.45, 2.75) is 53.0 Å². The lowest BCUT2D eigenvalue weighted by atomic mass is 10.1. The summed E-state index contributed by atoms with van der Waals surface area (Å²) in [5, 5.41) is 7.68. The van der Waals surface area contributed by atoms with Crippen LogP contribution in [-0.4, -0.2) is 22.3 Å². The summed E-state index contributed by atoms with van der Waals surface area (Å²) in [6, 6.07) is 0. The van der Waals surface area contributed by atoms with E-state index in [-0.39, 0.29) is 0 Å². The third kappa shape index (κ3) is 4.26. The fraction of sp³-hybridized carbons (Fsp3) is 0.714. The van der Waals surface area contributed by atoms with Gasteiger partial charge in [-0.25, -0.2) is 4.99 Å². The first-order valence-electron chi connectivity index (χ1n) is 7.21. The van der Waals surface area contributed by atoms with Crippen LogP contribution in [0.1, 0.15) is 50.6 Å². The molecular formula is C14H27N5. The molecule has 0 unspecified atom stereocenters. The van der Waals surface area contributed by atoms with E-state index in [1.165, 1.54) is 11.3 Å². The molecule has 0 aliphatic rings. The van der Waals surface area contributed by atoms with Crippen LogP contribution in [0.15, 0.2) is 4.99 Å². The zero-order valence-corrected chi connectivity index (χ0v) is 12.7. The topological polar surface area (TPSA) is 68.2 Å². The molecule has 0 aromatic carbocycles. The van der Waals surface area contributed by atoms with Crippen LogP contribution >= 0.6 is 0 Å². The molecule has 5 heteroatoms. The van der Waals surface area contributed by atoms with Gasteiger partial charge in [0.25, 0.3) is 0 Å². The van der Waals surface area contributed by atoms with E-state index in [2.05, 4.69) is 36.2 Å². The van der Waals surface area contributed by atoms with E-state index >= 15 is 0 Å². The third-order valence-corrected chi connectivity index (χ3v) is 3.27. The Morgan fingerprint density at radius 2 is 2.05 bits per heavy atom. The van der Waals surface area contributed by atoms with Crippen molar-refractivity contribution in [2.24, 2.45) is 17.8 Å². The van der Waals surface area contributed by atoms with Crippen LogP contribution in [0.25, 0.3) is 0 Å². The summed E-state index contributed by atoms with van der Waals surface area (Å²) in [5.41, 5.74) is 9.47. The van der Waals surface area contributed by atoms with Gasteiger partial charge in [0.15, 0.2) is 5.96 Å². The van der Waals surface area contributed by atoms with E-state index in [9.17, 15) is 0 Å². The third-order valence-electron chi connectivity index (χ3n) is 3.27. The first-order valence-corrected chi connectivity index (χ1v) is 7.21. The number of unbranched alkanes of at least 4 members (excludes halogenated alkanes) is 1. The van der Waals surface area contributed by atoms with Gasteiger partial charge >= 0.3 is 0 Å². The van der Waals surface area contributed by atoms with Gasteiger partial charge in [0.1, 0.15) is 0 Å². The van der Waals surface area contributed by atoms with Gasteiger partial charge in [-0.05, 0) is 19.3 Å². The van der Waals surface area contributed by atoms with Crippen molar-refractivity contribution in [3.63, 3.8) is 0 Å². The Morgan fingerprint density at radius 3 is 2.63 bits per heavy atom. The zero-order valence-electron chi connectivity index (χ0n) is 12.7. The van der Waals surface area contributed by atoms with Crippen molar-refractivity contribution in [3.8, 4) is 0 Å². The van der Waals surface area contributed by atoms with Gasteiger partial charge in [-0.3, -0.25) is 4.68 Å². The van der Waals surface area contributed by atoms with E-state index in [4.69, 9.17) is 5.73 Å². The smallest absolute Gasteiger partial charge is 0.188 e. The van der Waals surface area contributed by atoms with Crippen molar-refractivity contribution in [2.75, 3.05) is 6.54 Å². The summed E-state index contributed by atoms with van der Waals surface area (Å²) < 4.78 is 1.96. The highest BCUT2D eigenvalue weighted by Gasteiger charge is 2.12. The van der Waals surface area contributed by atoms with Gasteiger partial charge in [-0.15, -0.1) is 0 Å². The van der Waals surface area contributed by atoms with Crippen molar-refractivity contribution in [3.05, 3.63) is 17.0 Å². The lowest BCUT2D eigenvalue weighted by Gasteiger charge is -2.05. The molecule has 0 atom stereocenters. The summed E-state index contributed by atoms with van der Waals surface area (Å²) in [5.74, 6) is 0.529. The highest BCUT2D eigenvalue weighted by molar-refractivity contribution is 5.77. The fourth-order valence-corrected chi connectivity index (χ4v) is 2.19. The summed E-state index contributed by atoms with van der Waals surface area (Å²) in [7, 11) is 1.99. The van der Waals surface area contributed by atoms with Crippen LogP contribution < -0.4 is 11.1 Å². The molecule has 19 heavy (non-hydrogen) atoms. The van der Waals surface area contributed by atoms with Crippen molar-refractivity contribution in [1.82, 2.24) is 15.1 Å². The number of guanidine groups is 1. The zero-order chi connectivity index (χ0) is 14.3. The van der Waals surface area contributed by atoms with E-state index in [0.717, 1.165) is 37.9 Å². The molecule has 0 bridgehead atoms. The van der Waals surface area contributed by atoms with Gasteiger partial charge in [-0.2, -0.15) is 5.10 Å². The van der Waals surface area contributed by atoms with Crippen LogP contribution in [0.5, 0.6) is 0 Å². The standard InChI is InChI=1S/C14H27N5/c1-5-8-9-16-14(15)17-10-11-12(6-2)18-19(4)13(11)7-3/h5-10H2,1-4H3,(H3,15,16,17). The molecule has 0 radical (unpaired) electrons. The molecule has 0 fully saturated rings. The molecule has 0 saturated carbocycles. The van der Waals surface area contributed by atoms with Crippen LogP contribution in [-0.2, 0) is 26.4 Å². The number of aryl methyl sites for hydroxylation is 2. The number of nitrogens with two attached hydrogens (primary N) is 1. The number of hydrogen-bond acceptors (Lipinski definition) is 2. The first-order chi connectivity index (χ1) is 9.13. The normalized spacial score (nSPS) is 11.9. The minimum atomic E-state index is 0.529. The average molecular weight is 265 g/mol. The second-order valence-corrected chi connectivity index (χ2v) is 4.68. The molecule has 1 rings (SSSR count). The van der Waals surface area contributed by atoms with Gasteiger partial charge in [0, 0.05) is 24.8 Å². The van der Waals surface area contributed by atoms with Crippen molar-refractivity contribution in [1.29, 1.82) is 0 Å². The summed E-state index contributed by atoms with van der Waals surface area (Å²) >= 11 is 0. The second kappa shape index (κ2) is 7.81. The number of aromatic nitrogens is 2. The van der Waals surface area contributed by atoms with Crippen LogP contribution in [0.3, 0.4) is 0 Å². The Morgan fingerprint density at radius 1 is 1.32 bits per heavy atom. The van der Waals surface area contributed by atoms with E-state index in [1.54, 1.807) is 0 Å². The van der Waals surface area contributed by atoms with Crippen LogP contribution in [0, 0.1) is 0 Å². The predicted molar refractivity (Wildman–Crippen MR) is 80.2 cm³/mol. The van der Waals surface area contributed by atoms with Crippen LogP contribution in [0.2, 0.25) is 0 Å². The Kier molecular flexibility index (Phi) is 6.39. The molecule has 5 nitrogen and oxygen atoms in total. The predicted octanol–water partition coefficient (Wildman–Crippen LogP) is 1.75. The number of aliphatic imine (C=N–C) groups is 1. The van der Waals surface area contributed by atoms with Gasteiger partial charge in [-0.1, -0.05) is 27.2 Å². The maximum Gasteiger partial charge on any atom is 0.188 e. The van der Waals surface area contributed by atoms with E-state index in [1.807, 2.05) is 11.7 Å². The molecule has 3 N–H and O–H groups in total. The summed E-state index contributed by atoms with van der Waals surface area (Å²) in [6.07, 6.45) is 4.17. The molecule has 0 aliphatic carbocycles. The Labute approximate surface area is 116 Å². The number of nitrogens with zero attached hydrogens (tertiary/aromatic N) is 3. The molecule has 108 valence electrons. The van der Waals surface area contributed by atoms with Gasteiger partial charge in [0.05, 0.1) is 12.2 Å². The van der Waals surface area contributed by atoms with Crippen molar-refractivity contribution < 1.29 is 0 Å². The summed E-state index contributed by atoms with van der Waals surface area (Å²) in [6.45, 7) is 7.93. The van der Waals surface area contributed by atoms with Gasteiger partial charge < -0.3 is 11.1 Å². The second-order valence-electron chi connectivity index (χ2n) is 4.68. The first kappa shape index (κ1) is 15.5. The quantitative estimate of drug-likeness (QED) is 0.448. The Balaban J connectivity index is 2.73. The maximum absolute atomic E-state index is 5.86. The fourth-order valence-electron chi connectivity index (χ4n) is 2.19. The highest BCUT2D eigenvalue weighted by atomic mass is 15.3. The largest absolute Gasteiger partial charge is 0.370 e. The molecule has 0 amide bonds. The molecule has 0 spiro atoms. The maximum atomic E-state index is 5.86.